The third kappa shape index (κ3) is 3.22. The maximum absolute atomic E-state index is 12.5. The van der Waals surface area contributed by atoms with E-state index in [9.17, 15) is 9.90 Å². The van der Waals surface area contributed by atoms with Crippen LogP contribution in [0.3, 0.4) is 0 Å². The molecule has 0 atom stereocenters. The minimum atomic E-state index is -0.361. The van der Waals surface area contributed by atoms with Gasteiger partial charge in [0.05, 0.1) is 12.3 Å². The van der Waals surface area contributed by atoms with E-state index < -0.39 is 0 Å². The number of aromatic nitrogens is 2. The number of nitrogens with zero attached hydrogens (tertiary/aromatic N) is 2. The molecule has 6 nitrogen and oxygen atoms in total. The van der Waals surface area contributed by atoms with Crippen molar-refractivity contribution in [1.29, 1.82) is 0 Å². The highest BCUT2D eigenvalue weighted by atomic mass is 16.5. The van der Waals surface area contributed by atoms with Crippen molar-refractivity contribution in [3.05, 3.63) is 29.7 Å². The number of carbonyl (C=O) groups is 1. The number of amides is 1. The lowest BCUT2D eigenvalue weighted by Crippen LogP contribution is -2.36. The fourth-order valence-corrected chi connectivity index (χ4v) is 2.16. The highest BCUT2D eigenvalue weighted by Gasteiger charge is 2.22. The first-order valence-corrected chi connectivity index (χ1v) is 7.39. The van der Waals surface area contributed by atoms with E-state index in [0.717, 1.165) is 0 Å². The molecule has 2 N–H and O–H groups in total. The number of aliphatic hydroxyl groups is 1. The number of pyridine rings is 1. The summed E-state index contributed by atoms with van der Waals surface area (Å²) < 4.78 is 7.29. The second kappa shape index (κ2) is 6.36. The van der Waals surface area contributed by atoms with Gasteiger partial charge < -0.3 is 15.2 Å². The van der Waals surface area contributed by atoms with E-state index in [1.165, 1.54) is 0 Å². The van der Waals surface area contributed by atoms with E-state index in [1.54, 1.807) is 17.5 Å². The lowest BCUT2D eigenvalue weighted by Gasteiger charge is -2.21. The van der Waals surface area contributed by atoms with Crippen molar-refractivity contribution in [2.75, 3.05) is 19.8 Å². The van der Waals surface area contributed by atoms with Gasteiger partial charge in [0.25, 0.3) is 5.91 Å². The molecule has 120 valence electrons. The van der Waals surface area contributed by atoms with Crippen LogP contribution in [0.2, 0.25) is 0 Å². The molecule has 0 spiro atoms. The second-order valence-corrected chi connectivity index (χ2v) is 6.05. The highest BCUT2D eigenvalue weighted by Crippen LogP contribution is 2.22. The van der Waals surface area contributed by atoms with Crippen molar-refractivity contribution in [3.8, 4) is 5.75 Å². The summed E-state index contributed by atoms with van der Waals surface area (Å²) in [6, 6.07) is 3.66. The fraction of sp³-hybridized carbons (Fsp3) is 0.500. The Balaban J connectivity index is 2.33. The second-order valence-electron chi connectivity index (χ2n) is 6.05. The molecule has 0 saturated heterocycles. The van der Waals surface area contributed by atoms with Gasteiger partial charge in [0, 0.05) is 24.8 Å². The molecule has 0 radical (unpaired) electrons. The number of hydrogen-bond donors (Lipinski definition) is 2. The zero-order valence-electron chi connectivity index (χ0n) is 13.5. The number of ether oxygens (including phenoxy) is 1. The highest BCUT2D eigenvalue weighted by molar-refractivity contribution is 5.95. The SMILES string of the molecule is CCOc1cccn2c(C(=O)NCC(C)(C)CO)c(C)nc12. The molecule has 0 saturated carbocycles. The zero-order valence-corrected chi connectivity index (χ0v) is 13.5. The Morgan fingerprint density at radius 1 is 1.50 bits per heavy atom. The molecule has 1 amide bonds. The van der Waals surface area contributed by atoms with Gasteiger partial charge in [-0.1, -0.05) is 13.8 Å². The summed E-state index contributed by atoms with van der Waals surface area (Å²) in [5.74, 6) is 0.447. The molecule has 0 unspecified atom stereocenters. The molecule has 0 aliphatic rings. The van der Waals surface area contributed by atoms with Crippen molar-refractivity contribution in [1.82, 2.24) is 14.7 Å². The molecule has 22 heavy (non-hydrogen) atoms. The van der Waals surface area contributed by atoms with Crippen LogP contribution in [-0.2, 0) is 0 Å². The van der Waals surface area contributed by atoms with E-state index in [2.05, 4.69) is 10.3 Å². The van der Waals surface area contributed by atoms with Crippen molar-refractivity contribution in [3.63, 3.8) is 0 Å². The normalized spacial score (nSPS) is 11.7. The molecule has 2 rings (SSSR count). The van der Waals surface area contributed by atoms with Gasteiger partial charge in [0.15, 0.2) is 11.4 Å². The largest absolute Gasteiger partial charge is 0.490 e. The number of rotatable bonds is 6. The Hall–Kier alpha value is -2.08. The summed E-state index contributed by atoms with van der Waals surface area (Å²) in [6.45, 7) is 8.42. The molecule has 2 aromatic rings. The minimum absolute atomic E-state index is 0.00784. The first kappa shape index (κ1) is 16.3. The van der Waals surface area contributed by atoms with Crippen LogP contribution in [0.25, 0.3) is 5.65 Å². The van der Waals surface area contributed by atoms with Crippen molar-refractivity contribution < 1.29 is 14.6 Å². The predicted octanol–water partition coefficient (Wildman–Crippen LogP) is 1.79. The summed E-state index contributed by atoms with van der Waals surface area (Å²) >= 11 is 0. The van der Waals surface area contributed by atoms with Gasteiger partial charge in [-0.25, -0.2) is 4.98 Å². The van der Waals surface area contributed by atoms with E-state index in [-0.39, 0.29) is 17.9 Å². The molecule has 6 heteroatoms. The van der Waals surface area contributed by atoms with Gasteiger partial charge in [0.1, 0.15) is 5.69 Å². The summed E-state index contributed by atoms with van der Waals surface area (Å²) in [5.41, 5.74) is 1.41. The number of aryl methyl sites for hydroxylation is 1. The average molecular weight is 305 g/mol. The van der Waals surface area contributed by atoms with Gasteiger partial charge in [-0.15, -0.1) is 0 Å². The van der Waals surface area contributed by atoms with Crippen LogP contribution in [0.5, 0.6) is 5.75 Å². The standard InChI is InChI=1S/C16H23N3O3/c1-5-22-12-7-6-8-19-13(11(2)18-14(12)19)15(21)17-9-16(3,4)10-20/h6-8,20H,5,9-10H2,1-4H3,(H,17,21). The summed E-state index contributed by atoms with van der Waals surface area (Å²) in [5, 5.41) is 12.1. The van der Waals surface area contributed by atoms with Crippen LogP contribution in [-0.4, -0.2) is 40.2 Å². The zero-order chi connectivity index (χ0) is 16.3. The topological polar surface area (TPSA) is 75.9 Å². The van der Waals surface area contributed by atoms with Gasteiger partial charge >= 0.3 is 0 Å². The number of aliphatic hydroxyl groups excluding tert-OH is 1. The third-order valence-electron chi connectivity index (χ3n) is 3.46. The van der Waals surface area contributed by atoms with Gasteiger partial charge in [-0.3, -0.25) is 9.20 Å². The molecule has 0 fully saturated rings. The number of imidazole rings is 1. The monoisotopic (exact) mass is 305 g/mol. The van der Waals surface area contributed by atoms with Crippen molar-refractivity contribution in [2.24, 2.45) is 5.41 Å². The maximum Gasteiger partial charge on any atom is 0.270 e. The first-order valence-electron chi connectivity index (χ1n) is 7.39. The van der Waals surface area contributed by atoms with Crippen LogP contribution in [0.15, 0.2) is 18.3 Å². The summed E-state index contributed by atoms with van der Waals surface area (Å²) in [7, 11) is 0. The Bertz CT molecular complexity index is 677. The molecule has 0 bridgehead atoms. The number of nitrogens with one attached hydrogen (secondary N) is 1. The van der Waals surface area contributed by atoms with E-state index in [4.69, 9.17) is 4.74 Å². The smallest absolute Gasteiger partial charge is 0.270 e. The average Bonchev–Trinajstić information content (AvgIpc) is 2.82. The fourth-order valence-electron chi connectivity index (χ4n) is 2.16. The quantitative estimate of drug-likeness (QED) is 0.853. The Morgan fingerprint density at radius 2 is 2.23 bits per heavy atom. The molecule has 0 aliphatic carbocycles. The molecule has 0 aromatic carbocycles. The Kier molecular flexibility index (Phi) is 4.71. The first-order chi connectivity index (χ1) is 10.4. The van der Waals surface area contributed by atoms with Crippen LogP contribution < -0.4 is 10.1 Å². The number of fused-ring (bicyclic) bond motifs is 1. The van der Waals surface area contributed by atoms with Crippen LogP contribution in [0.1, 0.15) is 37.0 Å². The van der Waals surface area contributed by atoms with Crippen LogP contribution in [0, 0.1) is 12.3 Å². The molecular formula is C16H23N3O3. The third-order valence-corrected chi connectivity index (χ3v) is 3.46. The lowest BCUT2D eigenvalue weighted by molar-refractivity contribution is 0.0904. The maximum atomic E-state index is 12.5. The number of hydrogen-bond acceptors (Lipinski definition) is 4. The minimum Gasteiger partial charge on any atom is -0.490 e. The van der Waals surface area contributed by atoms with E-state index in [0.29, 0.717) is 35.9 Å². The van der Waals surface area contributed by atoms with Gasteiger partial charge in [-0.05, 0) is 26.0 Å². The van der Waals surface area contributed by atoms with Crippen molar-refractivity contribution >= 4 is 11.6 Å². The van der Waals surface area contributed by atoms with Crippen molar-refractivity contribution in [2.45, 2.75) is 27.7 Å². The Labute approximate surface area is 130 Å². The van der Waals surface area contributed by atoms with E-state index in [1.807, 2.05) is 32.9 Å². The molecule has 2 aromatic heterocycles. The van der Waals surface area contributed by atoms with Gasteiger partial charge in [0.2, 0.25) is 0 Å². The van der Waals surface area contributed by atoms with E-state index >= 15 is 0 Å². The lowest BCUT2D eigenvalue weighted by atomic mass is 9.95. The predicted molar refractivity (Wildman–Crippen MR) is 84.3 cm³/mol. The summed E-state index contributed by atoms with van der Waals surface area (Å²) in [4.78, 5) is 16.9. The molecule has 0 aliphatic heterocycles. The Morgan fingerprint density at radius 3 is 2.86 bits per heavy atom. The summed E-state index contributed by atoms with van der Waals surface area (Å²) in [6.07, 6.45) is 1.80. The molecule has 2 heterocycles. The number of carbonyl (C=O) groups excluding carboxylic acids is 1. The molecular weight excluding hydrogens is 282 g/mol. The van der Waals surface area contributed by atoms with Gasteiger partial charge in [-0.2, -0.15) is 0 Å². The van der Waals surface area contributed by atoms with Crippen LogP contribution >= 0.6 is 0 Å². The van der Waals surface area contributed by atoms with Crippen LogP contribution in [0.4, 0.5) is 0 Å².